The third-order valence-corrected chi connectivity index (χ3v) is 1.24. The van der Waals surface area contributed by atoms with Crippen molar-refractivity contribution in [2.75, 3.05) is 13.2 Å². The number of hydrogen-bond acceptors (Lipinski definition) is 4. The van der Waals surface area contributed by atoms with Crippen molar-refractivity contribution < 1.29 is 14.6 Å². The third-order valence-electron chi connectivity index (χ3n) is 1.24. The van der Waals surface area contributed by atoms with E-state index in [9.17, 15) is 9.90 Å². The maximum Gasteiger partial charge on any atom is 0.302 e. The molecule has 0 rings (SSSR count). The second-order valence-electron chi connectivity index (χ2n) is 3.02. The van der Waals surface area contributed by atoms with Gasteiger partial charge in [0.05, 0.1) is 0 Å². The molecule has 0 saturated heterocycles. The molecule has 1 unspecified atom stereocenters. The average Bonchev–Trinajstić information content (AvgIpc) is 1.96. The molecule has 12 heavy (non-hydrogen) atoms. The lowest BCUT2D eigenvalue weighted by Gasteiger charge is -2.13. The molecule has 0 radical (unpaired) electrons. The first-order chi connectivity index (χ1) is 5.52. The van der Waals surface area contributed by atoms with E-state index >= 15 is 0 Å². The van der Waals surface area contributed by atoms with Crippen molar-refractivity contribution in [2.45, 2.75) is 32.9 Å². The predicted octanol–water partition coefficient (Wildman–Crippen LogP) is -0.0916. The fourth-order valence-electron chi connectivity index (χ4n) is 0.644. The van der Waals surface area contributed by atoms with Crippen molar-refractivity contribution in [3.8, 4) is 0 Å². The Bertz CT molecular complexity index is 136. The van der Waals surface area contributed by atoms with Gasteiger partial charge >= 0.3 is 5.97 Å². The number of esters is 1. The highest BCUT2D eigenvalue weighted by molar-refractivity contribution is 5.65. The van der Waals surface area contributed by atoms with Crippen molar-refractivity contribution in [1.82, 2.24) is 5.32 Å². The van der Waals surface area contributed by atoms with Crippen LogP contribution in [0.25, 0.3) is 0 Å². The minimum atomic E-state index is -0.615. The number of nitrogens with one attached hydrogen (secondary N) is 1. The Hall–Kier alpha value is -0.610. The summed E-state index contributed by atoms with van der Waals surface area (Å²) in [6.45, 7) is 5.81. The molecule has 4 heteroatoms. The summed E-state index contributed by atoms with van der Waals surface area (Å²) in [6, 6.07) is 0.331. The van der Waals surface area contributed by atoms with E-state index in [0.29, 0.717) is 12.6 Å². The minimum absolute atomic E-state index is 0.0645. The summed E-state index contributed by atoms with van der Waals surface area (Å²) in [5, 5.41) is 12.2. The van der Waals surface area contributed by atoms with Gasteiger partial charge in [-0.2, -0.15) is 0 Å². The largest absolute Gasteiger partial charge is 0.463 e. The van der Waals surface area contributed by atoms with E-state index in [0.717, 1.165) is 0 Å². The van der Waals surface area contributed by atoms with Crippen LogP contribution in [-0.4, -0.2) is 36.4 Å². The van der Waals surface area contributed by atoms with Crippen molar-refractivity contribution >= 4 is 5.97 Å². The lowest BCUT2D eigenvalue weighted by atomic mass is 10.3. The van der Waals surface area contributed by atoms with Crippen molar-refractivity contribution in [2.24, 2.45) is 0 Å². The van der Waals surface area contributed by atoms with Gasteiger partial charge in [-0.3, -0.25) is 4.79 Å². The molecule has 0 aliphatic carbocycles. The van der Waals surface area contributed by atoms with Gasteiger partial charge < -0.3 is 15.2 Å². The third kappa shape index (κ3) is 7.50. The van der Waals surface area contributed by atoms with Crippen LogP contribution in [0.2, 0.25) is 0 Å². The summed E-state index contributed by atoms with van der Waals surface area (Å²) in [4.78, 5) is 10.3. The number of carbonyl (C=O) groups excluding carboxylic acids is 1. The first kappa shape index (κ1) is 11.4. The molecule has 0 aromatic heterocycles. The normalized spacial score (nSPS) is 13.1. The first-order valence-corrected chi connectivity index (χ1v) is 4.07. The molecular weight excluding hydrogens is 158 g/mol. The molecule has 4 nitrogen and oxygen atoms in total. The minimum Gasteiger partial charge on any atom is -0.463 e. The highest BCUT2D eigenvalue weighted by atomic mass is 16.5. The number of rotatable bonds is 5. The first-order valence-electron chi connectivity index (χ1n) is 4.07. The molecule has 0 aromatic carbocycles. The zero-order valence-corrected chi connectivity index (χ0v) is 7.83. The van der Waals surface area contributed by atoms with Gasteiger partial charge in [0.25, 0.3) is 0 Å². The standard InChI is InChI=1S/C8H17NO3/c1-6(2)9-4-8(11)5-12-7(3)10/h6,8-9,11H,4-5H2,1-3H3. The van der Waals surface area contributed by atoms with Gasteiger partial charge in [-0.25, -0.2) is 0 Å². The molecule has 0 bridgehead atoms. The summed E-state index contributed by atoms with van der Waals surface area (Å²) in [5.41, 5.74) is 0. The Kier molecular flexibility index (Phi) is 5.66. The predicted molar refractivity (Wildman–Crippen MR) is 45.8 cm³/mol. The van der Waals surface area contributed by atoms with E-state index in [1.807, 2.05) is 13.8 Å². The number of aliphatic hydroxyl groups is 1. The maximum atomic E-state index is 10.3. The van der Waals surface area contributed by atoms with Gasteiger partial charge in [0.15, 0.2) is 0 Å². The molecule has 0 spiro atoms. The Labute approximate surface area is 72.9 Å². The summed E-state index contributed by atoms with van der Waals surface area (Å²) in [5.74, 6) is -0.362. The second kappa shape index (κ2) is 5.97. The Balaban J connectivity index is 3.33. The van der Waals surface area contributed by atoms with E-state index in [-0.39, 0.29) is 12.6 Å². The molecule has 72 valence electrons. The summed E-state index contributed by atoms with van der Waals surface area (Å²) < 4.78 is 4.61. The van der Waals surface area contributed by atoms with Crippen LogP contribution in [-0.2, 0) is 9.53 Å². The molecular formula is C8H17NO3. The Morgan fingerprint density at radius 2 is 2.17 bits per heavy atom. The van der Waals surface area contributed by atoms with Crippen LogP contribution in [0.15, 0.2) is 0 Å². The summed E-state index contributed by atoms with van der Waals surface area (Å²) in [6.07, 6.45) is -0.615. The molecule has 0 saturated carbocycles. The molecule has 0 aliphatic rings. The molecule has 0 amide bonds. The monoisotopic (exact) mass is 175 g/mol. The smallest absolute Gasteiger partial charge is 0.302 e. The molecule has 2 N–H and O–H groups in total. The quantitative estimate of drug-likeness (QED) is 0.573. The van der Waals surface area contributed by atoms with E-state index in [2.05, 4.69) is 10.1 Å². The zero-order valence-electron chi connectivity index (χ0n) is 7.83. The topological polar surface area (TPSA) is 58.6 Å². The van der Waals surface area contributed by atoms with Crippen LogP contribution >= 0.6 is 0 Å². The van der Waals surface area contributed by atoms with Gasteiger partial charge in [0.1, 0.15) is 12.7 Å². The van der Waals surface area contributed by atoms with Gasteiger partial charge in [-0.05, 0) is 0 Å². The number of carbonyl (C=O) groups is 1. The SMILES string of the molecule is CC(=O)OCC(O)CNC(C)C. The fourth-order valence-corrected chi connectivity index (χ4v) is 0.644. The molecule has 0 aromatic rings. The summed E-state index contributed by atoms with van der Waals surface area (Å²) >= 11 is 0. The van der Waals surface area contributed by atoms with Crippen molar-refractivity contribution in [3.63, 3.8) is 0 Å². The lowest BCUT2D eigenvalue weighted by molar-refractivity contribution is -0.143. The molecule has 0 aliphatic heterocycles. The van der Waals surface area contributed by atoms with E-state index in [4.69, 9.17) is 0 Å². The highest BCUT2D eigenvalue weighted by Gasteiger charge is 2.05. The zero-order chi connectivity index (χ0) is 9.56. The van der Waals surface area contributed by atoms with E-state index < -0.39 is 6.10 Å². The average molecular weight is 175 g/mol. The van der Waals surface area contributed by atoms with Crippen LogP contribution in [0.5, 0.6) is 0 Å². The molecule has 0 fully saturated rings. The Morgan fingerprint density at radius 1 is 1.58 bits per heavy atom. The molecule has 0 heterocycles. The van der Waals surface area contributed by atoms with E-state index in [1.54, 1.807) is 0 Å². The second-order valence-corrected chi connectivity index (χ2v) is 3.02. The van der Waals surface area contributed by atoms with Gasteiger partial charge in [-0.1, -0.05) is 13.8 Å². The van der Waals surface area contributed by atoms with Crippen LogP contribution in [0.3, 0.4) is 0 Å². The van der Waals surface area contributed by atoms with Crippen LogP contribution in [0, 0.1) is 0 Å². The summed E-state index contributed by atoms with van der Waals surface area (Å²) in [7, 11) is 0. The fraction of sp³-hybridized carbons (Fsp3) is 0.875. The van der Waals surface area contributed by atoms with Crippen LogP contribution in [0.1, 0.15) is 20.8 Å². The number of ether oxygens (including phenoxy) is 1. The van der Waals surface area contributed by atoms with Crippen molar-refractivity contribution in [1.29, 1.82) is 0 Å². The van der Waals surface area contributed by atoms with E-state index in [1.165, 1.54) is 6.92 Å². The Morgan fingerprint density at radius 3 is 2.58 bits per heavy atom. The van der Waals surface area contributed by atoms with Crippen LogP contribution < -0.4 is 5.32 Å². The van der Waals surface area contributed by atoms with Crippen molar-refractivity contribution in [3.05, 3.63) is 0 Å². The molecule has 1 atom stereocenters. The lowest BCUT2D eigenvalue weighted by Crippen LogP contribution is -2.34. The number of aliphatic hydroxyl groups excluding tert-OH is 1. The van der Waals surface area contributed by atoms with Gasteiger partial charge in [-0.15, -0.1) is 0 Å². The number of hydrogen-bond donors (Lipinski definition) is 2. The van der Waals surface area contributed by atoms with Gasteiger partial charge in [0, 0.05) is 19.5 Å². The van der Waals surface area contributed by atoms with Crippen LogP contribution in [0.4, 0.5) is 0 Å². The maximum absolute atomic E-state index is 10.3. The van der Waals surface area contributed by atoms with Gasteiger partial charge in [0.2, 0.25) is 0 Å². The highest BCUT2D eigenvalue weighted by Crippen LogP contribution is 1.86.